The van der Waals surface area contributed by atoms with Gasteiger partial charge in [0.25, 0.3) is 5.91 Å². The zero-order valence-corrected chi connectivity index (χ0v) is 16.6. The summed E-state index contributed by atoms with van der Waals surface area (Å²) in [5.74, 6) is -1.02. The van der Waals surface area contributed by atoms with E-state index in [4.69, 9.17) is 16.3 Å². The number of nitrogens with one attached hydrogen (secondary N) is 1. The van der Waals surface area contributed by atoms with E-state index in [0.29, 0.717) is 11.3 Å². The van der Waals surface area contributed by atoms with E-state index in [1.54, 1.807) is 12.1 Å². The predicted octanol–water partition coefficient (Wildman–Crippen LogP) is 4.39. The Bertz CT molecular complexity index is 982. The third-order valence-electron chi connectivity index (χ3n) is 4.08. The summed E-state index contributed by atoms with van der Waals surface area (Å²) in [4.78, 5) is 30.1. The molecule has 0 radical (unpaired) electrons. The van der Waals surface area contributed by atoms with Crippen molar-refractivity contribution in [2.24, 2.45) is 0 Å². The fraction of sp³-hybridized carbons (Fsp3) is 0.211. The Labute approximate surface area is 165 Å². The maximum atomic E-state index is 12.8. The number of carbonyl (C=O) groups is 2. The summed E-state index contributed by atoms with van der Waals surface area (Å²) in [6.07, 6.45) is 4.25. The summed E-state index contributed by atoms with van der Waals surface area (Å²) in [6, 6.07) is 7.04. The van der Waals surface area contributed by atoms with Crippen LogP contribution in [-0.2, 0) is 9.53 Å². The highest BCUT2D eigenvalue weighted by Crippen LogP contribution is 2.31. The van der Waals surface area contributed by atoms with Crippen molar-refractivity contribution < 1.29 is 14.3 Å². The van der Waals surface area contributed by atoms with Gasteiger partial charge < -0.3 is 14.6 Å². The number of thiophene rings is 1. The summed E-state index contributed by atoms with van der Waals surface area (Å²) in [5, 5.41) is 3.55. The summed E-state index contributed by atoms with van der Waals surface area (Å²) in [5.41, 5.74) is 1.67. The number of halogens is 1. The molecule has 0 unspecified atom stereocenters. The van der Waals surface area contributed by atoms with Gasteiger partial charge in [-0.15, -0.1) is 11.3 Å². The molecule has 27 heavy (non-hydrogen) atoms. The highest BCUT2D eigenvalue weighted by atomic mass is 35.5. The van der Waals surface area contributed by atoms with Crippen LogP contribution in [0.3, 0.4) is 0 Å². The van der Waals surface area contributed by atoms with Gasteiger partial charge in [0.1, 0.15) is 5.00 Å². The van der Waals surface area contributed by atoms with Crippen LogP contribution >= 0.6 is 22.9 Å². The van der Waals surface area contributed by atoms with Crippen molar-refractivity contribution in [2.45, 2.75) is 26.9 Å². The van der Waals surface area contributed by atoms with Crippen molar-refractivity contribution in [1.29, 1.82) is 0 Å². The third-order valence-corrected chi connectivity index (χ3v) is 5.60. The molecule has 3 aromatic rings. The first-order chi connectivity index (χ1) is 12.9. The monoisotopic (exact) mass is 403 g/mol. The number of pyridine rings is 1. The molecule has 0 fully saturated rings. The molecule has 0 bridgehead atoms. The molecule has 140 valence electrons. The Morgan fingerprint density at radius 3 is 2.63 bits per heavy atom. The maximum Gasteiger partial charge on any atom is 0.342 e. The first-order valence-electron chi connectivity index (χ1n) is 8.24. The van der Waals surface area contributed by atoms with Gasteiger partial charge in [-0.05, 0) is 50.6 Å². The standard InChI is InChI=1S/C19H18ClN3O3S/c1-11-13(3)27-18(23-9-4-5-10-23)15(11)19(25)26-12(2)17(24)22-14-7-6-8-21-16(14)20/h4-10,12H,1-3H3,(H,22,24)/t12-/m0/s1. The number of amides is 1. The van der Waals surface area contributed by atoms with Crippen molar-refractivity contribution in [2.75, 3.05) is 5.32 Å². The van der Waals surface area contributed by atoms with Gasteiger partial charge in [-0.3, -0.25) is 4.79 Å². The second-order valence-corrected chi connectivity index (χ2v) is 7.49. The van der Waals surface area contributed by atoms with E-state index in [2.05, 4.69) is 10.3 Å². The van der Waals surface area contributed by atoms with Gasteiger partial charge in [0.05, 0.1) is 11.3 Å². The molecule has 0 saturated heterocycles. The number of aromatic nitrogens is 2. The van der Waals surface area contributed by atoms with Gasteiger partial charge >= 0.3 is 5.97 Å². The highest BCUT2D eigenvalue weighted by Gasteiger charge is 2.26. The first-order valence-corrected chi connectivity index (χ1v) is 9.43. The van der Waals surface area contributed by atoms with Gasteiger partial charge in [-0.25, -0.2) is 9.78 Å². The molecule has 8 heteroatoms. The van der Waals surface area contributed by atoms with Crippen LogP contribution in [0.5, 0.6) is 0 Å². The molecule has 0 spiro atoms. The van der Waals surface area contributed by atoms with Gasteiger partial charge in [0, 0.05) is 23.5 Å². The number of aryl methyl sites for hydroxylation is 1. The number of hydrogen-bond donors (Lipinski definition) is 1. The van der Waals surface area contributed by atoms with Crippen LogP contribution in [0, 0.1) is 13.8 Å². The molecule has 0 aliphatic rings. The zero-order chi connectivity index (χ0) is 19.6. The van der Waals surface area contributed by atoms with Gasteiger partial charge in [-0.1, -0.05) is 11.6 Å². The van der Waals surface area contributed by atoms with Crippen LogP contribution in [0.2, 0.25) is 5.15 Å². The lowest BCUT2D eigenvalue weighted by molar-refractivity contribution is -0.123. The van der Waals surface area contributed by atoms with Crippen LogP contribution in [0.25, 0.3) is 5.00 Å². The minimum absolute atomic E-state index is 0.170. The molecule has 0 aromatic carbocycles. The van der Waals surface area contributed by atoms with E-state index in [-0.39, 0.29) is 5.15 Å². The number of carbonyl (C=O) groups excluding carboxylic acids is 2. The smallest absolute Gasteiger partial charge is 0.342 e. The second kappa shape index (κ2) is 7.94. The Hall–Kier alpha value is -2.64. The summed E-state index contributed by atoms with van der Waals surface area (Å²) in [6.45, 7) is 5.33. The summed E-state index contributed by atoms with van der Waals surface area (Å²) >= 11 is 7.44. The molecular weight excluding hydrogens is 386 g/mol. The lowest BCUT2D eigenvalue weighted by atomic mass is 10.1. The van der Waals surface area contributed by atoms with Crippen molar-refractivity contribution in [1.82, 2.24) is 9.55 Å². The van der Waals surface area contributed by atoms with Gasteiger partial charge in [-0.2, -0.15) is 0 Å². The van der Waals surface area contributed by atoms with Crippen molar-refractivity contribution >= 4 is 40.5 Å². The lowest BCUT2D eigenvalue weighted by Crippen LogP contribution is -2.30. The molecule has 0 saturated carbocycles. The summed E-state index contributed by atoms with van der Waals surface area (Å²) in [7, 11) is 0. The van der Waals surface area contributed by atoms with E-state index < -0.39 is 18.0 Å². The zero-order valence-electron chi connectivity index (χ0n) is 15.0. The van der Waals surface area contributed by atoms with E-state index >= 15 is 0 Å². The average molecular weight is 404 g/mol. The normalized spacial score (nSPS) is 11.9. The van der Waals surface area contributed by atoms with Crippen LogP contribution < -0.4 is 5.32 Å². The molecule has 1 atom stereocenters. The molecule has 3 rings (SSSR count). The molecular formula is C19H18ClN3O3S. The van der Waals surface area contributed by atoms with E-state index in [1.165, 1.54) is 24.5 Å². The van der Waals surface area contributed by atoms with E-state index in [1.807, 2.05) is 42.9 Å². The molecule has 1 N–H and O–H groups in total. The minimum atomic E-state index is -0.995. The first kappa shape index (κ1) is 19.1. The number of nitrogens with zero attached hydrogens (tertiary/aromatic N) is 2. The fourth-order valence-corrected chi connectivity index (χ4v) is 3.77. The number of anilines is 1. The molecule has 6 nitrogen and oxygen atoms in total. The van der Waals surface area contributed by atoms with Crippen molar-refractivity contribution in [3.05, 3.63) is 64.0 Å². The highest BCUT2D eigenvalue weighted by molar-refractivity contribution is 7.15. The Morgan fingerprint density at radius 1 is 1.26 bits per heavy atom. The second-order valence-electron chi connectivity index (χ2n) is 5.93. The van der Waals surface area contributed by atoms with E-state index in [0.717, 1.165) is 15.4 Å². The Balaban J connectivity index is 1.77. The van der Waals surface area contributed by atoms with Crippen LogP contribution in [0.1, 0.15) is 27.7 Å². The topological polar surface area (TPSA) is 73.2 Å². The van der Waals surface area contributed by atoms with Crippen LogP contribution in [-0.4, -0.2) is 27.5 Å². The quantitative estimate of drug-likeness (QED) is 0.506. The molecule has 1 amide bonds. The molecule has 0 aliphatic carbocycles. The molecule has 0 aliphatic heterocycles. The SMILES string of the molecule is Cc1sc(-n2cccc2)c(C(=O)O[C@@H](C)C(=O)Nc2cccnc2Cl)c1C. The summed E-state index contributed by atoms with van der Waals surface area (Å²) < 4.78 is 7.28. The average Bonchev–Trinajstić information content (AvgIpc) is 3.25. The van der Waals surface area contributed by atoms with Crippen molar-refractivity contribution in [3.8, 4) is 5.00 Å². The Morgan fingerprint density at radius 2 is 1.96 bits per heavy atom. The minimum Gasteiger partial charge on any atom is -0.449 e. The lowest BCUT2D eigenvalue weighted by Gasteiger charge is -2.15. The van der Waals surface area contributed by atoms with Gasteiger partial charge in [0.2, 0.25) is 0 Å². The number of ether oxygens (including phenoxy) is 1. The largest absolute Gasteiger partial charge is 0.449 e. The van der Waals surface area contributed by atoms with Crippen LogP contribution in [0.15, 0.2) is 42.9 Å². The Kier molecular flexibility index (Phi) is 5.62. The van der Waals surface area contributed by atoms with Crippen molar-refractivity contribution in [3.63, 3.8) is 0 Å². The molecule has 3 heterocycles. The molecule has 3 aromatic heterocycles. The predicted molar refractivity (Wildman–Crippen MR) is 106 cm³/mol. The third kappa shape index (κ3) is 4.04. The van der Waals surface area contributed by atoms with Crippen LogP contribution in [0.4, 0.5) is 5.69 Å². The van der Waals surface area contributed by atoms with Gasteiger partial charge in [0.15, 0.2) is 11.3 Å². The maximum absolute atomic E-state index is 12.8. The number of rotatable bonds is 5. The number of hydrogen-bond acceptors (Lipinski definition) is 5. The van der Waals surface area contributed by atoms with E-state index in [9.17, 15) is 9.59 Å². The fourth-order valence-electron chi connectivity index (χ4n) is 2.49. The number of esters is 1.